The molecular formula is C16H20FN. The minimum absolute atomic E-state index is 0.200. The lowest BCUT2D eigenvalue weighted by molar-refractivity contribution is 0.379. The molecule has 1 fully saturated rings. The number of nitrogens with zero attached hydrogens (tertiary/aromatic N) is 1. The number of hydrogen-bond acceptors (Lipinski definition) is 1. The summed E-state index contributed by atoms with van der Waals surface area (Å²) in [5.41, 5.74) is 1.82. The lowest BCUT2D eigenvalue weighted by Gasteiger charge is -2.22. The Balaban J connectivity index is 2.21. The highest BCUT2D eigenvalue weighted by Crippen LogP contribution is 2.45. The van der Waals surface area contributed by atoms with E-state index in [1.54, 1.807) is 6.07 Å². The normalized spacial score (nSPS) is 27.1. The van der Waals surface area contributed by atoms with Crippen molar-refractivity contribution < 1.29 is 4.39 Å². The fourth-order valence-electron chi connectivity index (χ4n) is 3.08. The zero-order valence-corrected chi connectivity index (χ0v) is 11.2. The maximum absolute atomic E-state index is 13.3. The SMILES string of the molecule is CCC1CCC(C#N)(Cc2cc(F)ccc2C)C1. The number of hydrogen-bond donors (Lipinski definition) is 0. The van der Waals surface area contributed by atoms with Crippen LogP contribution in [0.3, 0.4) is 0 Å². The molecule has 0 radical (unpaired) electrons. The summed E-state index contributed by atoms with van der Waals surface area (Å²) in [6.45, 7) is 4.18. The van der Waals surface area contributed by atoms with Crippen LogP contribution in [-0.2, 0) is 6.42 Å². The van der Waals surface area contributed by atoms with Crippen LogP contribution in [0, 0.1) is 35.4 Å². The molecule has 1 saturated carbocycles. The van der Waals surface area contributed by atoms with E-state index >= 15 is 0 Å². The number of halogens is 1. The van der Waals surface area contributed by atoms with Crippen molar-refractivity contribution in [2.75, 3.05) is 0 Å². The maximum Gasteiger partial charge on any atom is 0.123 e. The fraction of sp³-hybridized carbons (Fsp3) is 0.562. The monoisotopic (exact) mass is 245 g/mol. The van der Waals surface area contributed by atoms with Crippen LogP contribution in [0.2, 0.25) is 0 Å². The Morgan fingerprint density at radius 2 is 2.28 bits per heavy atom. The maximum atomic E-state index is 13.3. The van der Waals surface area contributed by atoms with Gasteiger partial charge in [-0.15, -0.1) is 0 Å². The number of benzene rings is 1. The molecule has 0 saturated heterocycles. The van der Waals surface area contributed by atoms with Crippen molar-refractivity contribution in [3.8, 4) is 6.07 Å². The predicted octanol–water partition coefficient (Wildman–Crippen LogP) is 4.40. The lowest BCUT2D eigenvalue weighted by atomic mass is 9.79. The van der Waals surface area contributed by atoms with Crippen LogP contribution in [0.15, 0.2) is 18.2 Å². The highest BCUT2D eigenvalue weighted by molar-refractivity contribution is 5.29. The van der Waals surface area contributed by atoms with Gasteiger partial charge in [-0.3, -0.25) is 0 Å². The zero-order chi connectivity index (χ0) is 13.2. The van der Waals surface area contributed by atoms with E-state index in [1.807, 2.05) is 13.0 Å². The molecule has 0 N–H and O–H groups in total. The van der Waals surface area contributed by atoms with Crippen LogP contribution in [0.1, 0.15) is 43.7 Å². The molecule has 0 heterocycles. The Morgan fingerprint density at radius 3 is 2.89 bits per heavy atom. The first-order chi connectivity index (χ1) is 8.58. The van der Waals surface area contributed by atoms with Crippen molar-refractivity contribution in [1.82, 2.24) is 0 Å². The Hall–Kier alpha value is -1.36. The number of rotatable bonds is 3. The molecule has 1 aromatic carbocycles. The minimum atomic E-state index is -0.265. The van der Waals surface area contributed by atoms with E-state index in [1.165, 1.54) is 6.07 Å². The average molecular weight is 245 g/mol. The Morgan fingerprint density at radius 1 is 1.50 bits per heavy atom. The molecule has 0 bridgehead atoms. The van der Waals surface area contributed by atoms with E-state index in [0.29, 0.717) is 12.3 Å². The molecule has 0 aliphatic heterocycles. The third-order valence-electron chi connectivity index (χ3n) is 4.37. The van der Waals surface area contributed by atoms with Crippen LogP contribution < -0.4 is 0 Å². The Kier molecular flexibility index (Phi) is 3.71. The molecule has 96 valence electrons. The first-order valence-electron chi connectivity index (χ1n) is 6.75. The molecule has 1 nitrogen and oxygen atoms in total. The molecule has 2 atom stereocenters. The van der Waals surface area contributed by atoms with Gasteiger partial charge in [0.25, 0.3) is 0 Å². The molecule has 0 amide bonds. The first-order valence-corrected chi connectivity index (χ1v) is 6.75. The quantitative estimate of drug-likeness (QED) is 0.774. The van der Waals surface area contributed by atoms with Gasteiger partial charge in [-0.1, -0.05) is 19.4 Å². The first kappa shape index (κ1) is 13.1. The number of nitriles is 1. The van der Waals surface area contributed by atoms with Crippen LogP contribution in [-0.4, -0.2) is 0 Å². The number of aryl methyl sites for hydroxylation is 1. The lowest BCUT2D eigenvalue weighted by Crippen LogP contribution is -2.18. The van der Waals surface area contributed by atoms with E-state index in [2.05, 4.69) is 13.0 Å². The van der Waals surface area contributed by atoms with Gasteiger partial charge in [0.05, 0.1) is 11.5 Å². The van der Waals surface area contributed by atoms with Crippen molar-refractivity contribution >= 4 is 0 Å². The topological polar surface area (TPSA) is 23.8 Å². The highest BCUT2D eigenvalue weighted by atomic mass is 19.1. The van der Waals surface area contributed by atoms with Crippen LogP contribution in [0.4, 0.5) is 4.39 Å². The van der Waals surface area contributed by atoms with E-state index in [0.717, 1.165) is 36.8 Å². The highest BCUT2D eigenvalue weighted by Gasteiger charge is 2.39. The summed E-state index contributed by atoms with van der Waals surface area (Å²) in [7, 11) is 0. The van der Waals surface area contributed by atoms with E-state index < -0.39 is 0 Å². The summed E-state index contributed by atoms with van der Waals surface area (Å²) in [4.78, 5) is 0. The standard InChI is InChI=1S/C16H20FN/c1-3-13-6-7-16(9-13,11-18)10-14-8-15(17)5-4-12(14)2/h4-5,8,13H,3,6-7,9-10H2,1-2H3. The zero-order valence-electron chi connectivity index (χ0n) is 11.2. The van der Waals surface area contributed by atoms with Crippen LogP contribution >= 0.6 is 0 Å². The third-order valence-corrected chi connectivity index (χ3v) is 4.37. The van der Waals surface area contributed by atoms with Gasteiger partial charge in [0.15, 0.2) is 0 Å². The fourth-order valence-corrected chi connectivity index (χ4v) is 3.08. The van der Waals surface area contributed by atoms with Gasteiger partial charge in [-0.05, 0) is 61.8 Å². The molecule has 0 spiro atoms. The Labute approximate surface area is 109 Å². The van der Waals surface area contributed by atoms with Gasteiger partial charge in [-0.2, -0.15) is 5.26 Å². The third kappa shape index (κ3) is 2.56. The largest absolute Gasteiger partial charge is 0.207 e. The summed E-state index contributed by atoms with van der Waals surface area (Å²) >= 11 is 0. The second-order valence-corrected chi connectivity index (χ2v) is 5.66. The summed E-state index contributed by atoms with van der Waals surface area (Å²) in [6.07, 6.45) is 4.90. The van der Waals surface area contributed by atoms with Crippen molar-refractivity contribution in [1.29, 1.82) is 5.26 Å². The molecule has 2 heteroatoms. The van der Waals surface area contributed by atoms with E-state index in [9.17, 15) is 9.65 Å². The van der Waals surface area contributed by atoms with Crippen molar-refractivity contribution in [2.45, 2.75) is 46.0 Å². The van der Waals surface area contributed by atoms with Gasteiger partial charge >= 0.3 is 0 Å². The van der Waals surface area contributed by atoms with Crippen molar-refractivity contribution in [3.63, 3.8) is 0 Å². The van der Waals surface area contributed by atoms with Gasteiger partial charge < -0.3 is 0 Å². The molecule has 1 aliphatic carbocycles. The van der Waals surface area contributed by atoms with Crippen molar-refractivity contribution in [2.24, 2.45) is 11.3 Å². The van der Waals surface area contributed by atoms with Crippen LogP contribution in [0.5, 0.6) is 0 Å². The second-order valence-electron chi connectivity index (χ2n) is 5.66. The Bertz CT molecular complexity index is 474. The van der Waals surface area contributed by atoms with E-state index in [-0.39, 0.29) is 11.2 Å². The van der Waals surface area contributed by atoms with Gasteiger partial charge in [0.1, 0.15) is 5.82 Å². The molecular weight excluding hydrogens is 225 g/mol. The molecule has 1 aliphatic rings. The smallest absolute Gasteiger partial charge is 0.123 e. The molecule has 0 aromatic heterocycles. The summed E-state index contributed by atoms with van der Waals surface area (Å²) in [6, 6.07) is 7.40. The average Bonchev–Trinajstić information content (AvgIpc) is 2.78. The summed E-state index contributed by atoms with van der Waals surface area (Å²) < 4.78 is 13.3. The second kappa shape index (κ2) is 5.10. The van der Waals surface area contributed by atoms with Gasteiger partial charge in [0, 0.05) is 0 Å². The van der Waals surface area contributed by atoms with Crippen molar-refractivity contribution in [3.05, 3.63) is 35.1 Å². The summed E-state index contributed by atoms with van der Waals surface area (Å²) in [5.74, 6) is 0.465. The van der Waals surface area contributed by atoms with E-state index in [4.69, 9.17) is 0 Å². The predicted molar refractivity (Wildman–Crippen MR) is 70.5 cm³/mol. The molecule has 2 rings (SSSR count). The van der Waals surface area contributed by atoms with Gasteiger partial charge in [-0.25, -0.2) is 4.39 Å². The molecule has 1 aromatic rings. The molecule has 18 heavy (non-hydrogen) atoms. The minimum Gasteiger partial charge on any atom is -0.207 e. The van der Waals surface area contributed by atoms with Crippen LogP contribution in [0.25, 0.3) is 0 Å². The van der Waals surface area contributed by atoms with Gasteiger partial charge in [0.2, 0.25) is 0 Å². The molecule has 2 unspecified atom stereocenters. The summed E-state index contributed by atoms with van der Waals surface area (Å²) in [5, 5.41) is 9.51.